The molecule has 0 bridgehead atoms. The molecule has 3 fully saturated rings. The molecule has 3 heteroatoms. The molecule has 122 valence electrons. The topological polar surface area (TPSA) is 18.5 Å². The van der Waals surface area contributed by atoms with E-state index in [9.17, 15) is 0 Å². The summed E-state index contributed by atoms with van der Waals surface area (Å²) in [5.74, 6) is 0.848. The zero-order chi connectivity index (χ0) is 14.9. The van der Waals surface area contributed by atoms with Crippen molar-refractivity contribution < 1.29 is 0 Å². The van der Waals surface area contributed by atoms with Crippen molar-refractivity contribution in [2.75, 3.05) is 39.3 Å². The largest absolute Gasteiger partial charge is 0.314 e. The predicted octanol–water partition coefficient (Wildman–Crippen LogP) is 2.57. The molecule has 21 heavy (non-hydrogen) atoms. The van der Waals surface area contributed by atoms with Crippen molar-refractivity contribution in [3.63, 3.8) is 0 Å². The summed E-state index contributed by atoms with van der Waals surface area (Å²) in [6, 6.07) is 1.71. The summed E-state index contributed by atoms with van der Waals surface area (Å²) in [7, 11) is 0. The number of piperazine rings is 1. The standard InChI is InChI=1S/C18H35N3/c1-4-19-17-7-8-18(2,3)13-15(17)14-20-9-11-21(12-10-20)16-5-6-16/h15-17,19H,4-14H2,1-3H3. The fraction of sp³-hybridized carbons (Fsp3) is 1.00. The van der Waals surface area contributed by atoms with Crippen molar-refractivity contribution in [2.24, 2.45) is 11.3 Å². The van der Waals surface area contributed by atoms with Crippen molar-refractivity contribution in [2.45, 2.75) is 65.0 Å². The van der Waals surface area contributed by atoms with Gasteiger partial charge in [0.1, 0.15) is 0 Å². The van der Waals surface area contributed by atoms with Crippen LogP contribution in [0.15, 0.2) is 0 Å². The predicted molar refractivity (Wildman–Crippen MR) is 89.6 cm³/mol. The Kier molecular flexibility index (Phi) is 4.92. The van der Waals surface area contributed by atoms with Gasteiger partial charge in [-0.15, -0.1) is 0 Å². The van der Waals surface area contributed by atoms with Crippen LogP contribution in [0.25, 0.3) is 0 Å². The van der Waals surface area contributed by atoms with E-state index in [0.717, 1.165) is 24.5 Å². The average Bonchev–Trinajstić information content (AvgIpc) is 3.27. The highest BCUT2D eigenvalue weighted by Gasteiger charge is 2.36. The van der Waals surface area contributed by atoms with Crippen LogP contribution >= 0.6 is 0 Å². The molecule has 2 unspecified atom stereocenters. The number of hydrogen-bond acceptors (Lipinski definition) is 3. The lowest BCUT2D eigenvalue weighted by molar-refractivity contribution is 0.0683. The zero-order valence-corrected chi connectivity index (χ0v) is 14.4. The summed E-state index contributed by atoms with van der Waals surface area (Å²) < 4.78 is 0. The van der Waals surface area contributed by atoms with Crippen molar-refractivity contribution in [3.8, 4) is 0 Å². The van der Waals surface area contributed by atoms with Gasteiger partial charge in [0.15, 0.2) is 0 Å². The van der Waals surface area contributed by atoms with Gasteiger partial charge in [0.2, 0.25) is 0 Å². The minimum Gasteiger partial charge on any atom is -0.314 e. The molecule has 2 aliphatic carbocycles. The second-order valence-electron chi connectivity index (χ2n) is 8.40. The van der Waals surface area contributed by atoms with Gasteiger partial charge >= 0.3 is 0 Å². The summed E-state index contributed by atoms with van der Waals surface area (Å²) in [5.41, 5.74) is 0.548. The van der Waals surface area contributed by atoms with Crippen molar-refractivity contribution >= 4 is 0 Å². The molecule has 1 aliphatic heterocycles. The van der Waals surface area contributed by atoms with Crippen LogP contribution in [0.2, 0.25) is 0 Å². The van der Waals surface area contributed by atoms with Gasteiger partial charge in [0.05, 0.1) is 0 Å². The smallest absolute Gasteiger partial charge is 0.0113 e. The molecule has 1 saturated heterocycles. The van der Waals surface area contributed by atoms with E-state index < -0.39 is 0 Å². The molecule has 0 aromatic heterocycles. The minimum absolute atomic E-state index is 0.548. The third-order valence-electron chi connectivity index (χ3n) is 5.95. The number of nitrogens with zero attached hydrogens (tertiary/aromatic N) is 2. The first-order valence-electron chi connectivity index (χ1n) is 9.27. The van der Waals surface area contributed by atoms with E-state index in [-0.39, 0.29) is 0 Å². The fourth-order valence-corrected chi connectivity index (χ4v) is 4.54. The summed E-state index contributed by atoms with van der Waals surface area (Å²) in [6.45, 7) is 14.8. The molecular formula is C18H35N3. The maximum Gasteiger partial charge on any atom is 0.0113 e. The van der Waals surface area contributed by atoms with Gasteiger partial charge in [-0.05, 0) is 50.0 Å². The van der Waals surface area contributed by atoms with Crippen LogP contribution in [-0.4, -0.2) is 61.2 Å². The van der Waals surface area contributed by atoms with Gasteiger partial charge in [-0.2, -0.15) is 0 Å². The van der Waals surface area contributed by atoms with E-state index in [0.29, 0.717) is 5.41 Å². The number of rotatable bonds is 5. The lowest BCUT2D eigenvalue weighted by Crippen LogP contribution is -2.52. The molecule has 0 amide bonds. The van der Waals surface area contributed by atoms with Crippen molar-refractivity contribution in [1.29, 1.82) is 0 Å². The second-order valence-corrected chi connectivity index (χ2v) is 8.40. The zero-order valence-electron chi connectivity index (χ0n) is 14.4. The van der Waals surface area contributed by atoms with Crippen LogP contribution in [0, 0.1) is 11.3 Å². The summed E-state index contributed by atoms with van der Waals surface area (Å²) in [6.07, 6.45) is 7.07. The van der Waals surface area contributed by atoms with Crippen molar-refractivity contribution in [3.05, 3.63) is 0 Å². The summed E-state index contributed by atoms with van der Waals surface area (Å²) >= 11 is 0. The van der Waals surface area contributed by atoms with Gasteiger partial charge in [0.25, 0.3) is 0 Å². The minimum atomic E-state index is 0.548. The SMILES string of the molecule is CCNC1CCC(C)(C)CC1CN1CCN(C2CC2)CC1. The third kappa shape index (κ3) is 4.20. The monoisotopic (exact) mass is 293 g/mol. The molecule has 3 aliphatic rings. The van der Waals surface area contributed by atoms with Gasteiger partial charge in [-0.25, -0.2) is 0 Å². The van der Waals surface area contributed by atoms with Gasteiger partial charge in [0, 0.05) is 44.8 Å². The molecule has 0 aromatic rings. The molecule has 2 saturated carbocycles. The first-order chi connectivity index (χ1) is 10.1. The van der Waals surface area contributed by atoms with Gasteiger partial charge in [-0.1, -0.05) is 20.8 Å². The molecule has 2 atom stereocenters. The lowest BCUT2D eigenvalue weighted by atomic mass is 9.69. The molecule has 3 nitrogen and oxygen atoms in total. The normalized spacial score (nSPS) is 35.0. The van der Waals surface area contributed by atoms with Gasteiger partial charge < -0.3 is 10.2 Å². The number of hydrogen-bond donors (Lipinski definition) is 1. The highest BCUT2D eigenvalue weighted by Crippen LogP contribution is 2.39. The number of nitrogens with one attached hydrogen (secondary N) is 1. The van der Waals surface area contributed by atoms with Crippen LogP contribution in [-0.2, 0) is 0 Å². The maximum absolute atomic E-state index is 3.76. The lowest BCUT2D eigenvalue weighted by Gasteiger charge is -2.44. The fourth-order valence-electron chi connectivity index (χ4n) is 4.54. The van der Waals surface area contributed by atoms with E-state index in [1.165, 1.54) is 64.8 Å². The molecule has 0 radical (unpaired) electrons. The van der Waals surface area contributed by atoms with Crippen LogP contribution in [0.3, 0.4) is 0 Å². The first kappa shape index (κ1) is 15.8. The Morgan fingerprint density at radius 3 is 2.38 bits per heavy atom. The maximum atomic E-state index is 3.76. The summed E-state index contributed by atoms with van der Waals surface area (Å²) in [5, 5.41) is 3.76. The Labute approximate surface area is 131 Å². The van der Waals surface area contributed by atoms with Crippen LogP contribution < -0.4 is 5.32 Å². The Morgan fingerprint density at radius 1 is 1.05 bits per heavy atom. The Hall–Kier alpha value is -0.120. The van der Waals surface area contributed by atoms with E-state index in [1.54, 1.807) is 0 Å². The van der Waals surface area contributed by atoms with Crippen LogP contribution in [0.5, 0.6) is 0 Å². The van der Waals surface area contributed by atoms with E-state index >= 15 is 0 Å². The molecule has 1 N–H and O–H groups in total. The Bertz CT molecular complexity index is 329. The molecule has 0 spiro atoms. The molecule has 1 heterocycles. The average molecular weight is 293 g/mol. The van der Waals surface area contributed by atoms with Crippen molar-refractivity contribution in [1.82, 2.24) is 15.1 Å². The third-order valence-corrected chi connectivity index (χ3v) is 5.95. The highest BCUT2D eigenvalue weighted by molar-refractivity contribution is 4.92. The first-order valence-corrected chi connectivity index (χ1v) is 9.27. The Balaban J connectivity index is 1.51. The quantitative estimate of drug-likeness (QED) is 0.840. The highest BCUT2D eigenvalue weighted by atomic mass is 15.3. The Morgan fingerprint density at radius 2 is 1.76 bits per heavy atom. The van der Waals surface area contributed by atoms with E-state index in [4.69, 9.17) is 0 Å². The van der Waals surface area contributed by atoms with E-state index in [1.807, 2.05) is 0 Å². The summed E-state index contributed by atoms with van der Waals surface area (Å²) in [4.78, 5) is 5.47. The van der Waals surface area contributed by atoms with Gasteiger partial charge in [-0.3, -0.25) is 4.90 Å². The molecule has 3 rings (SSSR count). The second kappa shape index (κ2) is 6.55. The van der Waals surface area contributed by atoms with Crippen LogP contribution in [0.4, 0.5) is 0 Å². The van der Waals surface area contributed by atoms with E-state index in [2.05, 4.69) is 35.9 Å². The molecule has 0 aromatic carbocycles. The molecular weight excluding hydrogens is 258 g/mol. The van der Waals surface area contributed by atoms with Crippen LogP contribution in [0.1, 0.15) is 52.9 Å².